The lowest BCUT2D eigenvalue weighted by atomic mass is 10.3. The number of rotatable bonds is 6. The van der Waals surface area contributed by atoms with Gasteiger partial charge in [0.2, 0.25) is 0 Å². The van der Waals surface area contributed by atoms with Crippen LogP contribution < -0.4 is 0 Å². The third-order valence-electron chi connectivity index (χ3n) is 3.85. The SMILES string of the molecule is Cn1c(-c2cnn(COCC[Si](C)(C)C)c2)nc2cnc(Cl)cc21. The van der Waals surface area contributed by atoms with E-state index in [4.69, 9.17) is 16.3 Å². The van der Waals surface area contributed by atoms with Crippen LogP contribution in [0.3, 0.4) is 0 Å². The van der Waals surface area contributed by atoms with E-state index in [0.29, 0.717) is 11.9 Å². The second kappa shape index (κ2) is 6.66. The van der Waals surface area contributed by atoms with Gasteiger partial charge in [0.25, 0.3) is 0 Å². The molecule has 0 aromatic carbocycles. The Labute approximate surface area is 147 Å². The Kier molecular flexibility index (Phi) is 4.75. The summed E-state index contributed by atoms with van der Waals surface area (Å²) in [5, 5.41) is 4.83. The van der Waals surface area contributed by atoms with Crippen molar-refractivity contribution in [3.63, 3.8) is 0 Å². The highest BCUT2D eigenvalue weighted by atomic mass is 35.5. The first kappa shape index (κ1) is 17.1. The standard InChI is InChI=1S/C16H22ClN5OSi/c1-21-14-7-15(17)18-9-13(14)20-16(21)12-8-19-22(10-12)11-23-5-6-24(2,3)4/h7-10H,5-6,11H2,1-4H3. The Morgan fingerprint density at radius 3 is 2.79 bits per heavy atom. The molecule has 0 amide bonds. The topological polar surface area (TPSA) is 57.8 Å². The summed E-state index contributed by atoms with van der Waals surface area (Å²) < 4.78 is 9.52. The van der Waals surface area contributed by atoms with Gasteiger partial charge in [-0.2, -0.15) is 5.10 Å². The average Bonchev–Trinajstić information content (AvgIpc) is 3.08. The van der Waals surface area contributed by atoms with Gasteiger partial charge in [0.1, 0.15) is 23.2 Å². The second-order valence-corrected chi connectivity index (χ2v) is 13.1. The number of ether oxygens (including phenoxy) is 1. The highest BCUT2D eigenvalue weighted by molar-refractivity contribution is 6.76. The van der Waals surface area contributed by atoms with Gasteiger partial charge in [0.15, 0.2) is 0 Å². The molecule has 128 valence electrons. The molecule has 0 saturated carbocycles. The summed E-state index contributed by atoms with van der Waals surface area (Å²) in [6, 6.07) is 2.97. The van der Waals surface area contributed by atoms with Crippen LogP contribution in [0.4, 0.5) is 0 Å². The van der Waals surface area contributed by atoms with Crippen molar-refractivity contribution in [1.29, 1.82) is 0 Å². The first-order valence-electron chi connectivity index (χ1n) is 7.92. The molecule has 0 radical (unpaired) electrons. The molecule has 6 nitrogen and oxygen atoms in total. The largest absolute Gasteiger partial charge is 0.360 e. The summed E-state index contributed by atoms with van der Waals surface area (Å²) in [5.41, 5.74) is 2.71. The lowest BCUT2D eigenvalue weighted by Crippen LogP contribution is -2.22. The molecule has 0 saturated heterocycles. The van der Waals surface area contributed by atoms with Gasteiger partial charge in [-0.1, -0.05) is 31.2 Å². The lowest BCUT2D eigenvalue weighted by Gasteiger charge is -2.15. The van der Waals surface area contributed by atoms with Crippen molar-refractivity contribution in [3.8, 4) is 11.4 Å². The number of hydrogen-bond acceptors (Lipinski definition) is 4. The maximum Gasteiger partial charge on any atom is 0.144 e. The summed E-state index contributed by atoms with van der Waals surface area (Å²) in [7, 11) is 0.902. The minimum Gasteiger partial charge on any atom is -0.360 e. The van der Waals surface area contributed by atoms with Crippen LogP contribution in [-0.4, -0.2) is 39.0 Å². The maximum atomic E-state index is 5.97. The van der Waals surface area contributed by atoms with E-state index < -0.39 is 8.07 Å². The maximum absolute atomic E-state index is 5.97. The average molecular weight is 364 g/mol. The van der Waals surface area contributed by atoms with E-state index >= 15 is 0 Å². The zero-order valence-corrected chi connectivity index (χ0v) is 16.2. The molecule has 0 unspecified atom stereocenters. The Balaban J connectivity index is 1.73. The van der Waals surface area contributed by atoms with E-state index in [1.54, 1.807) is 17.1 Å². The van der Waals surface area contributed by atoms with Crippen LogP contribution in [0, 0.1) is 0 Å². The molecule has 0 spiro atoms. The first-order valence-corrected chi connectivity index (χ1v) is 12.0. The Morgan fingerprint density at radius 1 is 1.25 bits per heavy atom. The number of aryl methyl sites for hydroxylation is 1. The lowest BCUT2D eigenvalue weighted by molar-refractivity contribution is 0.0786. The van der Waals surface area contributed by atoms with Crippen LogP contribution in [-0.2, 0) is 18.5 Å². The van der Waals surface area contributed by atoms with Crippen molar-refractivity contribution < 1.29 is 4.74 Å². The van der Waals surface area contributed by atoms with Crippen molar-refractivity contribution in [2.45, 2.75) is 32.4 Å². The number of pyridine rings is 1. The number of nitrogens with zero attached hydrogens (tertiary/aromatic N) is 5. The van der Waals surface area contributed by atoms with E-state index in [9.17, 15) is 0 Å². The molecular formula is C16H22ClN5OSi. The fourth-order valence-corrected chi connectivity index (χ4v) is 3.32. The van der Waals surface area contributed by atoms with Gasteiger partial charge in [-0.15, -0.1) is 0 Å². The molecule has 8 heteroatoms. The molecule has 0 aliphatic heterocycles. The summed E-state index contributed by atoms with van der Waals surface area (Å²) in [6.07, 6.45) is 5.44. The fraction of sp³-hybridized carbons (Fsp3) is 0.438. The van der Waals surface area contributed by atoms with Crippen LogP contribution in [0.15, 0.2) is 24.7 Å². The highest BCUT2D eigenvalue weighted by Gasteiger charge is 2.14. The van der Waals surface area contributed by atoms with E-state index in [2.05, 4.69) is 34.7 Å². The highest BCUT2D eigenvalue weighted by Crippen LogP contribution is 2.24. The first-order chi connectivity index (χ1) is 11.3. The molecule has 0 fully saturated rings. The molecule has 3 heterocycles. The molecule has 24 heavy (non-hydrogen) atoms. The second-order valence-electron chi connectivity index (χ2n) is 7.11. The number of hydrogen-bond donors (Lipinski definition) is 0. The number of fused-ring (bicyclic) bond motifs is 1. The van der Waals surface area contributed by atoms with Crippen molar-refractivity contribution in [2.24, 2.45) is 7.05 Å². The molecule has 0 N–H and O–H groups in total. The van der Waals surface area contributed by atoms with E-state index in [1.807, 2.05) is 23.9 Å². The van der Waals surface area contributed by atoms with Gasteiger partial charge >= 0.3 is 0 Å². The summed E-state index contributed by atoms with van der Waals surface area (Å²) in [6.45, 7) is 8.27. The van der Waals surface area contributed by atoms with E-state index in [1.165, 1.54) is 0 Å². The number of aromatic nitrogens is 5. The zero-order valence-electron chi connectivity index (χ0n) is 14.5. The predicted molar refractivity (Wildman–Crippen MR) is 98.8 cm³/mol. The minimum absolute atomic E-state index is 0.460. The van der Waals surface area contributed by atoms with Crippen LogP contribution in [0.5, 0.6) is 0 Å². The van der Waals surface area contributed by atoms with Crippen LogP contribution in [0.2, 0.25) is 30.8 Å². The minimum atomic E-state index is -1.06. The molecular weight excluding hydrogens is 342 g/mol. The molecule has 3 rings (SSSR count). The monoisotopic (exact) mass is 363 g/mol. The Hall–Kier alpha value is -1.70. The van der Waals surface area contributed by atoms with Crippen molar-refractivity contribution >= 4 is 30.7 Å². The normalized spacial score (nSPS) is 12.2. The van der Waals surface area contributed by atoms with Gasteiger partial charge in [-0.25, -0.2) is 14.6 Å². The summed E-state index contributed by atoms with van der Waals surface area (Å²) >= 11 is 5.97. The molecule has 0 atom stereocenters. The van der Waals surface area contributed by atoms with Gasteiger partial charge < -0.3 is 9.30 Å². The molecule has 0 bridgehead atoms. The quantitative estimate of drug-likeness (QED) is 0.379. The van der Waals surface area contributed by atoms with Crippen molar-refractivity contribution in [1.82, 2.24) is 24.3 Å². The van der Waals surface area contributed by atoms with Gasteiger partial charge in [0, 0.05) is 34.0 Å². The Bertz CT molecular complexity index is 852. The summed E-state index contributed by atoms with van der Waals surface area (Å²) in [4.78, 5) is 8.70. The fourth-order valence-electron chi connectivity index (χ4n) is 2.42. The van der Waals surface area contributed by atoms with Crippen LogP contribution >= 0.6 is 11.6 Å². The van der Waals surface area contributed by atoms with E-state index in [-0.39, 0.29) is 0 Å². The van der Waals surface area contributed by atoms with Crippen molar-refractivity contribution in [3.05, 3.63) is 29.8 Å². The third-order valence-corrected chi connectivity index (χ3v) is 5.76. The number of imidazole rings is 1. The smallest absolute Gasteiger partial charge is 0.144 e. The predicted octanol–water partition coefficient (Wildman–Crippen LogP) is 3.80. The number of halogens is 1. The van der Waals surface area contributed by atoms with Crippen LogP contribution in [0.25, 0.3) is 22.4 Å². The van der Waals surface area contributed by atoms with Crippen LogP contribution in [0.1, 0.15) is 0 Å². The van der Waals surface area contributed by atoms with Gasteiger partial charge in [-0.05, 0) is 6.04 Å². The molecule has 0 aliphatic carbocycles. The zero-order chi connectivity index (χ0) is 17.3. The van der Waals surface area contributed by atoms with Gasteiger partial charge in [0.05, 0.1) is 23.5 Å². The molecule has 3 aromatic rings. The molecule has 0 aliphatic rings. The van der Waals surface area contributed by atoms with Crippen molar-refractivity contribution in [2.75, 3.05) is 6.61 Å². The summed E-state index contributed by atoms with van der Waals surface area (Å²) in [5.74, 6) is 0.836. The third kappa shape index (κ3) is 3.85. The molecule has 3 aromatic heterocycles. The van der Waals surface area contributed by atoms with E-state index in [0.717, 1.165) is 35.1 Å². The van der Waals surface area contributed by atoms with Gasteiger partial charge in [-0.3, -0.25) is 0 Å². The Morgan fingerprint density at radius 2 is 2.04 bits per heavy atom.